The number of benzene rings is 1. The lowest BCUT2D eigenvalue weighted by atomic mass is 10.1. The minimum absolute atomic E-state index is 0.204. The molecule has 1 aromatic carbocycles. The van der Waals surface area contributed by atoms with E-state index in [2.05, 4.69) is 0 Å². The summed E-state index contributed by atoms with van der Waals surface area (Å²) in [7, 11) is 1.56. The first-order chi connectivity index (χ1) is 9.54. The fourth-order valence-corrected chi connectivity index (χ4v) is 2.75. The van der Waals surface area contributed by atoms with Gasteiger partial charge in [-0.2, -0.15) is 0 Å². The molecule has 0 radical (unpaired) electrons. The molecular weight excluding hydrogens is 278 g/mol. The minimum Gasteiger partial charge on any atom is -0.497 e. The van der Waals surface area contributed by atoms with Crippen molar-refractivity contribution in [2.45, 2.75) is 13.0 Å². The normalized spacial score (nSPS) is 16.6. The molecule has 1 amide bonds. The third-order valence-electron chi connectivity index (χ3n) is 3.04. The van der Waals surface area contributed by atoms with Gasteiger partial charge in [0.05, 0.1) is 18.6 Å². The van der Waals surface area contributed by atoms with E-state index in [4.69, 9.17) is 9.84 Å². The summed E-state index contributed by atoms with van der Waals surface area (Å²) in [5.74, 6) is -0.316. The highest BCUT2D eigenvalue weighted by Crippen LogP contribution is 2.31. The van der Waals surface area contributed by atoms with Crippen LogP contribution in [-0.2, 0) is 9.59 Å². The SMILES string of the molecule is COc1cccc(C2=CSCC(=O)N2C(C)C(=O)O)c1. The number of rotatable bonds is 4. The van der Waals surface area contributed by atoms with Crippen LogP contribution in [0, 0.1) is 0 Å². The van der Waals surface area contributed by atoms with Crippen molar-refractivity contribution in [3.63, 3.8) is 0 Å². The van der Waals surface area contributed by atoms with E-state index >= 15 is 0 Å². The molecule has 0 aromatic heterocycles. The maximum Gasteiger partial charge on any atom is 0.326 e. The highest BCUT2D eigenvalue weighted by atomic mass is 32.2. The Hall–Kier alpha value is -1.95. The van der Waals surface area contributed by atoms with Crippen LogP contribution >= 0.6 is 11.8 Å². The predicted molar refractivity (Wildman–Crippen MR) is 77.4 cm³/mol. The molecule has 5 nitrogen and oxygen atoms in total. The summed E-state index contributed by atoms with van der Waals surface area (Å²) in [6.45, 7) is 1.50. The number of hydrogen-bond donors (Lipinski definition) is 1. The molecule has 0 fully saturated rings. The number of hydrogen-bond acceptors (Lipinski definition) is 4. The van der Waals surface area contributed by atoms with Gasteiger partial charge in [-0.25, -0.2) is 4.79 Å². The van der Waals surface area contributed by atoms with Gasteiger partial charge in [-0.05, 0) is 24.5 Å². The predicted octanol–water partition coefficient (Wildman–Crippen LogP) is 2.04. The smallest absolute Gasteiger partial charge is 0.326 e. The number of thioether (sulfide) groups is 1. The van der Waals surface area contributed by atoms with E-state index in [0.29, 0.717) is 11.4 Å². The molecule has 0 saturated heterocycles. The molecule has 1 aliphatic rings. The second-order valence-electron chi connectivity index (χ2n) is 4.32. The van der Waals surface area contributed by atoms with Gasteiger partial charge in [0, 0.05) is 5.56 Å². The van der Waals surface area contributed by atoms with E-state index in [1.54, 1.807) is 19.2 Å². The van der Waals surface area contributed by atoms with Crippen LogP contribution < -0.4 is 4.74 Å². The van der Waals surface area contributed by atoms with Crippen LogP contribution in [0.3, 0.4) is 0 Å². The molecule has 1 unspecified atom stereocenters. The molecule has 0 spiro atoms. The standard InChI is InChI=1S/C14H15NO4S/c1-9(14(17)18)15-12(7-20-8-13(15)16)10-4-3-5-11(6-10)19-2/h3-7,9H,8H2,1-2H3,(H,17,18). The Morgan fingerprint density at radius 1 is 1.50 bits per heavy atom. The molecule has 6 heteroatoms. The summed E-state index contributed by atoms with van der Waals surface area (Å²) in [5, 5.41) is 11.0. The van der Waals surface area contributed by atoms with E-state index in [1.165, 1.54) is 23.6 Å². The minimum atomic E-state index is -1.03. The molecule has 1 N–H and O–H groups in total. The van der Waals surface area contributed by atoms with E-state index in [-0.39, 0.29) is 11.7 Å². The van der Waals surface area contributed by atoms with Gasteiger partial charge in [0.2, 0.25) is 5.91 Å². The van der Waals surface area contributed by atoms with Gasteiger partial charge in [0.15, 0.2) is 0 Å². The second kappa shape index (κ2) is 6.00. The first kappa shape index (κ1) is 14.5. The van der Waals surface area contributed by atoms with Crippen molar-refractivity contribution in [3.05, 3.63) is 35.2 Å². The number of ether oxygens (including phenoxy) is 1. The van der Waals surface area contributed by atoms with Crippen molar-refractivity contribution in [1.29, 1.82) is 0 Å². The van der Waals surface area contributed by atoms with Crippen LogP contribution in [0.25, 0.3) is 5.70 Å². The Balaban J connectivity index is 2.43. The Labute approximate surface area is 121 Å². The number of methoxy groups -OCH3 is 1. The average molecular weight is 293 g/mol. The molecule has 1 aliphatic heterocycles. The summed E-state index contributed by atoms with van der Waals surface area (Å²) in [5.41, 5.74) is 1.36. The van der Waals surface area contributed by atoms with Gasteiger partial charge < -0.3 is 9.84 Å². The molecule has 0 aliphatic carbocycles. The first-order valence-corrected chi connectivity index (χ1v) is 7.10. The van der Waals surface area contributed by atoms with Crippen molar-refractivity contribution in [3.8, 4) is 5.75 Å². The largest absolute Gasteiger partial charge is 0.497 e. The van der Waals surface area contributed by atoms with E-state index in [9.17, 15) is 9.59 Å². The Morgan fingerprint density at radius 2 is 2.25 bits per heavy atom. The zero-order chi connectivity index (χ0) is 14.7. The van der Waals surface area contributed by atoms with Gasteiger partial charge in [-0.1, -0.05) is 12.1 Å². The fraction of sp³-hybridized carbons (Fsp3) is 0.286. The highest BCUT2D eigenvalue weighted by Gasteiger charge is 2.31. The number of aliphatic carboxylic acids is 1. The lowest BCUT2D eigenvalue weighted by Gasteiger charge is -2.31. The van der Waals surface area contributed by atoms with Crippen LogP contribution in [0.1, 0.15) is 12.5 Å². The molecular formula is C14H15NO4S. The number of amides is 1. The zero-order valence-corrected chi connectivity index (χ0v) is 12.0. The molecule has 20 heavy (non-hydrogen) atoms. The second-order valence-corrected chi connectivity index (χ2v) is 5.18. The summed E-state index contributed by atoms with van der Waals surface area (Å²) in [4.78, 5) is 24.6. The lowest BCUT2D eigenvalue weighted by molar-refractivity contribution is -0.145. The average Bonchev–Trinajstić information content (AvgIpc) is 2.46. The van der Waals surface area contributed by atoms with Crippen LogP contribution in [0.15, 0.2) is 29.7 Å². The topological polar surface area (TPSA) is 66.8 Å². The Morgan fingerprint density at radius 3 is 2.90 bits per heavy atom. The number of carbonyl (C=O) groups is 2. The maximum atomic E-state index is 12.0. The maximum absolute atomic E-state index is 12.0. The van der Waals surface area contributed by atoms with Crippen molar-refractivity contribution in [1.82, 2.24) is 4.90 Å². The molecule has 0 saturated carbocycles. The first-order valence-electron chi connectivity index (χ1n) is 6.05. The third-order valence-corrected chi connectivity index (χ3v) is 3.84. The monoisotopic (exact) mass is 293 g/mol. The van der Waals surface area contributed by atoms with Crippen molar-refractivity contribution < 1.29 is 19.4 Å². The number of carboxylic acid groups (broad SMARTS) is 1. The fourth-order valence-electron chi connectivity index (χ4n) is 1.98. The summed E-state index contributed by atoms with van der Waals surface area (Å²) < 4.78 is 5.16. The van der Waals surface area contributed by atoms with Gasteiger partial charge in [-0.15, -0.1) is 11.8 Å². The van der Waals surface area contributed by atoms with E-state index in [0.717, 1.165) is 5.56 Å². The quantitative estimate of drug-likeness (QED) is 0.920. The Kier molecular flexibility index (Phi) is 4.34. The molecule has 0 bridgehead atoms. The Bertz CT molecular complexity index is 570. The van der Waals surface area contributed by atoms with E-state index in [1.807, 2.05) is 17.5 Å². The molecule has 1 atom stereocenters. The van der Waals surface area contributed by atoms with Gasteiger partial charge in [0.1, 0.15) is 11.8 Å². The van der Waals surface area contributed by atoms with Crippen molar-refractivity contribution in [2.24, 2.45) is 0 Å². The van der Waals surface area contributed by atoms with Gasteiger partial charge in [0.25, 0.3) is 0 Å². The zero-order valence-electron chi connectivity index (χ0n) is 11.2. The molecule has 2 rings (SSSR count). The number of nitrogens with zero attached hydrogens (tertiary/aromatic N) is 1. The molecule has 1 aromatic rings. The number of carboxylic acids is 1. The highest BCUT2D eigenvalue weighted by molar-refractivity contribution is 8.03. The van der Waals surface area contributed by atoms with Crippen LogP contribution in [-0.4, -0.2) is 40.8 Å². The van der Waals surface area contributed by atoms with Crippen molar-refractivity contribution >= 4 is 29.3 Å². The lowest BCUT2D eigenvalue weighted by Crippen LogP contribution is -2.44. The molecule has 1 heterocycles. The third kappa shape index (κ3) is 2.80. The van der Waals surface area contributed by atoms with Crippen molar-refractivity contribution in [2.75, 3.05) is 12.9 Å². The van der Waals surface area contributed by atoms with Gasteiger partial charge >= 0.3 is 5.97 Å². The van der Waals surface area contributed by atoms with Gasteiger partial charge in [-0.3, -0.25) is 9.69 Å². The molecule has 106 valence electrons. The van der Waals surface area contributed by atoms with E-state index < -0.39 is 12.0 Å². The van der Waals surface area contributed by atoms with Crippen LogP contribution in [0.5, 0.6) is 5.75 Å². The summed E-state index contributed by atoms with van der Waals surface area (Å²) in [6, 6.07) is 6.32. The summed E-state index contributed by atoms with van der Waals surface area (Å²) >= 11 is 1.37. The summed E-state index contributed by atoms with van der Waals surface area (Å²) in [6.07, 6.45) is 0. The number of carbonyl (C=O) groups excluding carboxylic acids is 1. The van der Waals surface area contributed by atoms with Crippen LogP contribution in [0.2, 0.25) is 0 Å². The van der Waals surface area contributed by atoms with Crippen LogP contribution in [0.4, 0.5) is 0 Å².